The van der Waals surface area contributed by atoms with Crippen LogP contribution >= 0.6 is 21.0 Å². The third-order valence-electron chi connectivity index (χ3n) is 3.34. The molecule has 0 radical (unpaired) electrons. The van der Waals surface area contributed by atoms with Gasteiger partial charge in [0.05, 0.1) is 0 Å². The van der Waals surface area contributed by atoms with E-state index in [0.717, 1.165) is 17.3 Å². The van der Waals surface area contributed by atoms with E-state index in [9.17, 15) is 0 Å². The molecule has 0 bridgehead atoms. The van der Waals surface area contributed by atoms with Crippen molar-refractivity contribution in [2.75, 3.05) is 0 Å². The van der Waals surface area contributed by atoms with Crippen molar-refractivity contribution < 1.29 is 17.3 Å². The molecular weight excluding hydrogens is 325 g/mol. The normalized spacial score (nSPS) is 10.1. The molecule has 0 unspecified atom stereocenters. The summed E-state index contributed by atoms with van der Waals surface area (Å²) in [7, 11) is 4.76. The van der Waals surface area contributed by atoms with E-state index in [0.29, 0.717) is 0 Å². The summed E-state index contributed by atoms with van der Waals surface area (Å²) in [5, 5.41) is 5.39. The molecule has 1 aromatic heterocycles. The Kier molecular flexibility index (Phi) is 17.2. The maximum atomic E-state index is 4.76. The van der Waals surface area contributed by atoms with Crippen LogP contribution in [-0.4, -0.2) is 0 Å². The fourth-order valence-corrected chi connectivity index (χ4v) is 2.83. The molecule has 0 nitrogen and oxygen atoms in total. The van der Waals surface area contributed by atoms with E-state index < -0.39 is 0 Å². The molecule has 0 aromatic carbocycles. The molecule has 106 valence electrons. The third-order valence-corrected chi connectivity index (χ3v) is 4.02. The second-order valence-corrected chi connectivity index (χ2v) is 5.71. The molecule has 1 aromatic rings. The molecule has 19 heavy (non-hydrogen) atoms. The standard InChI is InChI=1S/C16H27S.ClH.Zn/c1-2-3-4-5-6-7-8-9-10-11-12-16-13-14-17-15-16;;/h13,15H,2-12H2,1H3;1H;/q-1;;+2/p-1. The molecule has 0 amide bonds. The molecule has 0 N–H and O–H groups in total. The van der Waals surface area contributed by atoms with Gasteiger partial charge in [-0.05, 0) is 0 Å². The van der Waals surface area contributed by atoms with Crippen LogP contribution in [0.5, 0.6) is 0 Å². The number of hydrogen-bond acceptors (Lipinski definition) is 1. The van der Waals surface area contributed by atoms with Crippen LogP contribution in [0.4, 0.5) is 0 Å². The Morgan fingerprint density at radius 2 is 1.47 bits per heavy atom. The number of thiophene rings is 1. The first-order valence-electron chi connectivity index (χ1n) is 7.63. The molecule has 1 rings (SSSR count). The molecule has 0 aliphatic rings. The monoisotopic (exact) mass is 350 g/mol. The van der Waals surface area contributed by atoms with Crippen molar-refractivity contribution in [3.63, 3.8) is 0 Å². The fourth-order valence-electron chi connectivity index (χ4n) is 2.20. The van der Waals surface area contributed by atoms with Gasteiger partial charge in [-0.2, -0.15) is 17.0 Å². The Hall–Kier alpha value is 0.613. The number of aryl methyl sites for hydroxylation is 1. The van der Waals surface area contributed by atoms with Crippen LogP contribution in [0.2, 0.25) is 0 Å². The fraction of sp³-hybridized carbons (Fsp3) is 0.750. The van der Waals surface area contributed by atoms with Crippen molar-refractivity contribution in [2.45, 2.75) is 77.6 Å². The van der Waals surface area contributed by atoms with Crippen LogP contribution in [-0.2, 0) is 23.7 Å². The zero-order valence-corrected chi connectivity index (χ0v) is 17.0. The van der Waals surface area contributed by atoms with E-state index in [4.69, 9.17) is 9.69 Å². The van der Waals surface area contributed by atoms with Crippen molar-refractivity contribution in [1.29, 1.82) is 0 Å². The average Bonchev–Trinajstić information content (AvgIpc) is 2.96. The van der Waals surface area contributed by atoms with Gasteiger partial charge in [0.2, 0.25) is 0 Å². The van der Waals surface area contributed by atoms with E-state index in [1.165, 1.54) is 76.2 Å². The summed E-state index contributed by atoms with van der Waals surface area (Å²) < 4.78 is 0. The zero-order chi connectivity index (χ0) is 14.2. The van der Waals surface area contributed by atoms with Gasteiger partial charge in [0.15, 0.2) is 0 Å². The third kappa shape index (κ3) is 13.4. The number of unbranched alkanes of at least 4 members (excludes halogenated alkanes) is 9. The van der Waals surface area contributed by atoms with E-state index in [1.54, 1.807) is 11.3 Å². The molecule has 0 saturated carbocycles. The summed E-state index contributed by atoms with van der Waals surface area (Å²) in [4.78, 5) is 0. The van der Waals surface area contributed by atoms with Gasteiger partial charge in [-0.15, -0.1) is 5.38 Å². The Labute approximate surface area is 138 Å². The van der Waals surface area contributed by atoms with Gasteiger partial charge in [0.1, 0.15) is 0 Å². The topological polar surface area (TPSA) is 0 Å². The van der Waals surface area contributed by atoms with Crippen LogP contribution in [0.1, 0.15) is 76.7 Å². The first-order valence-corrected chi connectivity index (χ1v) is 12.4. The Morgan fingerprint density at radius 1 is 0.947 bits per heavy atom. The molecule has 0 saturated heterocycles. The first-order chi connectivity index (χ1) is 9.43. The van der Waals surface area contributed by atoms with E-state index >= 15 is 0 Å². The number of rotatable bonds is 11. The van der Waals surface area contributed by atoms with E-state index in [-0.39, 0.29) is 0 Å². The van der Waals surface area contributed by atoms with Gasteiger partial charge in [-0.3, -0.25) is 0 Å². The minimum absolute atomic E-state index is 0.847. The predicted octanol–water partition coefficient (Wildman–Crippen LogP) is 6.70. The van der Waals surface area contributed by atoms with E-state index in [1.807, 2.05) is 0 Å². The Balaban J connectivity index is 0.00000154. The molecule has 0 aliphatic heterocycles. The molecule has 0 aliphatic carbocycles. The Bertz CT molecular complexity index is 249. The van der Waals surface area contributed by atoms with E-state index in [2.05, 4.69) is 23.8 Å². The maximum absolute atomic E-state index is 4.76. The summed E-state index contributed by atoms with van der Waals surface area (Å²) >= 11 is 2.54. The van der Waals surface area contributed by atoms with Crippen LogP contribution < -0.4 is 0 Å². The van der Waals surface area contributed by atoms with Crippen LogP contribution in [0, 0.1) is 5.38 Å². The van der Waals surface area contributed by atoms with Crippen molar-refractivity contribution >= 4 is 21.0 Å². The Morgan fingerprint density at radius 3 is 1.95 bits per heavy atom. The number of hydrogen-bond donors (Lipinski definition) is 0. The van der Waals surface area contributed by atoms with Crippen LogP contribution in [0.15, 0.2) is 11.4 Å². The molecule has 0 atom stereocenters. The molecule has 1 heterocycles. The van der Waals surface area contributed by atoms with Crippen molar-refractivity contribution in [3.8, 4) is 0 Å². The van der Waals surface area contributed by atoms with Crippen LogP contribution in [0.25, 0.3) is 0 Å². The second-order valence-electron chi connectivity index (χ2n) is 5.00. The molecule has 0 fully saturated rings. The predicted molar refractivity (Wildman–Crippen MR) is 84.6 cm³/mol. The van der Waals surface area contributed by atoms with Gasteiger partial charge >= 0.3 is 27.0 Å². The van der Waals surface area contributed by atoms with Crippen LogP contribution in [0.3, 0.4) is 0 Å². The number of halogens is 1. The zero-order valence-electron chi connectivity index (χ0n) is 12.4. The van der Waals surface area contributed by atoms with Gasteiger partial charge in [-0.25, -0.2) is 0 Å². The summed E-state index contributed by atoms with van der Waals surface area (Å²) in [6.07, 6.45) is 15.5. The van der Waals surface area contributed by atoms with Gasteiger partial charge in [0.25, 0.3) is 0 Å². The molecule has 3 heteroatoms. The second kappa shape index (κ2) is 16.7. The summed E-state index contributed by atoms with van der Waals surface area (Å²) in [5.74, 6) is 0. The van der Waals surface area contributed by atoms with Crippen molar-refractivity contribution in [2.24, 2.45) is 0 Å². The summed E-state index contributed by atoms with van der Waals surface area (Å²) in [5.41, 5.74) is 1.48. The SMILES string of the molecule is CCCCCCCCCCCCc1c[c-]sc1.[Cl][Zn+]. The summed E-state index contributed by atoms with van der Waals surface area (Å²) in [6, 6.07) is 2.14. The van der Waals surface area contributed by atoms with Gasteiger partial charge in [0, 0.05) is 0 Å². The van der Waals surface area contributed by atoms with Gasteiger partial charge < -0.3 is 11.3 Å². The molecular formula is C16H27ClSZn. The quantitative estimate of drug-likeness (QED) is 0.236. The molecule has 0 spiro atoms. The van der Waals surface area contributed by atoms with Crippen molar-refractivity contribution in [1.82, 2.24) is 0 Å². The van der Waals surface area contributed by atoms with Crippen molar-refractivity contribution in [3.05, 3.63) is 22.4 Å². The first kappa shape index (κ1) is 19.6. The van der Waals surface area contributed by atoms with Gasteiger partial charge in [-0.1, -0.05) is 77.6 Å². The summed E-state index contributed by atoms with van der Waals surface area (Å²) in [6.45, 7) is 2.28. The minimum atomic E-state index is 0.847. The average molecular weight is 352 g/mol.